The molecule has 2 aromatic carbocycles. The van der Waals surface area contributed by atoms with Gasteiger partial charge >= 0.3 is 0 Å². The molecule has 0 saturated carbocycles. The predicted octanol–water partition coefficient (Wildman–Crippen LogP) is 4.26. The van der Waals surface area contributed by atoms with Crippen LogP contribution in [0.5, 0.6) is 11.5 Å². The molecule has 4 rings (SSSR count). The molecule has 0 fully saturated rings. The van der Waals surface area contributed by atoms with Gasteiger partial charge in [0.1, 0.15) is 0 Å². The Labute approximate surface area is 166 Å². The summed E-state index contributed by atoms with van der Waals surface area (Å²) >= 11 is 1.60. The minimum absolute atomic E-state index is 0.0949. The standard InChI is InChI=1S/C21H19N3O3S/c1-26-18-8-3-14(11-19(18)27-2)12-20(25)22-16-6-4-15(5-7-16)17-13-24-9-10-28-21(24)23-17/h3-11,13H,12H2,1-2H3,(H,22,25). The molecule has 0 spiro atoms. The number of carbonyl (C=O) groups is 1. The summed E-state index contributed by atoms with van der Waals surface area (Å²) in [6.07, 6.45) is 4.23. The summed E-state index contributed by atoms with van der Waals surface area (Å²) in [4.78, 5) is 17.9. The molecule has 0 bridgehead atoms. The van der Waals surface area contributed by atoms with Crippen LogP contribution in [0.1, 0.15) is 5.56 Å². The Hall–Kier alpha value is -3.32. The van der Waals surface area contributed by atoms with E-state index in [0.29, 0.717) is 11.5 Å². The second kappa shape index (κ2) is 7.74. The van der Waals surface area contributed by atoms with E-state index < -0.39 is 0 Å². The van der Waals surface area contributed by atoms with Crippen molar-refractivity contribution in [2.75, 3.05) is 19.5 Å². The van der Waals surface area contributed by atoms with Crippen molar-refractivity contribution in [1.29, 1.82) is 0 Å². The van der Waals surface area contributed by atoms with Gasteiger partial charge in [0.15, 0.2) is 16.5 Å². The zero-order chi connectivity index (χ0) is 19.5. The van der Waals surface area contributed by atoms with Gasteiger partial charge in [0.2, 0.25) is 5.91 Å². The third kappa shape index (κ3) is 3.70. The minimum atomic E-state index is -0.0949. The van der Waals surface area contributed by atoms with Crippen molar-refractivity contribution in [3.8, 4) is 22.8 Å². The summed E-state index contributed by atoms with van der Waals surface area (Å²) in [5.74, 6) is 1.15. The smallest absolute Gasteiger partial charge is 0.228 e. The minimum Gasteiger partial charge on any atom is -0.493 e. The number of fused-ring (bicyclic) bond motifs is 1. The zero-order valence-corrected chi connectivity index (χ0v) is 16.3. The maximum atomic E-state index is 12.4. The van der Waals surface area contributed by atoms with Crippen LogP contribution < -0.4 is 14.8 Å². The van der Waals surface area contributed by atoms with Crippen molar-refractivity contribution < 1.29 is 14.3 Å². The van der Waals surface area contributed by atoms with Crippen LogP contribution in [0.3, 0.4) is 0 Å². The molecule has 6 nitrogen and oxygen atoms in total. The molecule has 4 aromatic rings. The average Bonchev–Trinajstić information content (AvgIpc) is 3.30. The Morgan fingerprint density at radius 2 is 1.89 bits per heavy atom. The highest BCUT2D eigenvalue weighted by molar-refractivity contribution is 7.15. The predicted molar refractivity (Wildman–Crippen MR) is 110 cm³/mol. The topological polar surface area (TPSA) is 64.9 Å². The van der Waals surface area contributed by atoms with Gasteiger partial charge in [0.05, 0.1) is 26.3 Å². The molecule has 7 heteroatoms. The van der Waals surface area contributed by atoms with Gasteiger partial charge in [-0.1, -0.05) is 18.2 Å². The molecule has 0 unspecified atom stereocenters. The van der Waals surface area contributed by atoms with Crippen molar-refractivity contribution in [3.05, 3.63) is 65.8 Å². The van der Waals surface area contributed by atoms with Gasteiger partial charge in [0, 0.05) is 29.0 Å². The van der Waals surface area contributed by atoms with Gasteiger partial charge in [-0.2, -0.15) is 0 Å². The van der Waals surface area contributed by atoms with E-state index in [1.54, 1.807) is 31.6 Å². The summed E-state index contributed by atoms with van der Waals surface area (Å²) < 4.78 is 12.5. The second-order valence-electron chi connectivity index (χ2n) is 6.21. The highest BCUT2D eigenvalue weighted by Gasteiger charge is 2.10. The summed E-state index contributed by atoms with van der Waals surface area (Å²) in [5.41, 5.74) is 3.52. The number of rotatable bonds is 6. The molecule has 0 aliphatic rings. The Balaban J connectivity index is 1.42. The summed E-state index contributed by atoms with van der Waals surface area (Å²) in [5, 5.41) is 4.93. The SMILES string of the molecule is COc1ccc(CC(=O)Nc2ccc(-c3cn4ccsc4n3)cc2)cc1OC. The van der Waals surface area contributed by atoms with Gasteiger partial charge in [-0.15, -0.1) is 11.3 Å². The number of ether oxygens (including phenoxy) is 2. The molecule has 28 heavy (non-hydrogen) atoms. The van der Waals surface area contributed by atoms with Crippen LogP contribution in [-0.4, -0.2) is 29.5 Å². The van der Waals surface area contributed by atoms with E-state index in [2.05, 4.69) is 10.3 Å². The lowest BCUT2D eigenvalue weighted by molar-refractivity contribution is -0.115. The van der Waals surface area contributed by atoms with Crippen molar-refractivity contribution in [3.63, 3.8) is 0 Å². The van der Waals surface area contributed by atoms with E-state index in [9.17, 15) is 4.79 Å². The monoisotopic (exact) mass is 393 g/mol. The lowest BCUT2D eigenvalue weighted by Crippen LogP contribution is -2.14. The average molecular weight is 393 g/mol. The van der Waals surface area contributed by atoms with Crippen LogP contribution in [0.15, 0.2) is 60.2 Å². The van der Waals surface area contributed by atoms with Crippen LogP contribution >= 0.6 is 11.3 Å². The molecule has 1 amide bonds. The van der Waals surface area contributed by atoms with Gasteiger partial charge in [-0.3, -0.25) is 9.20 Å². The van der Waals surface area contributed by atoms with E-state index in [0.717, 1.165) is 27.5 Å². The van der Waals surface area contributed by atoms with E-state index in [1.165, 1.54) is 0 Å². The normalized spacial score (nSPS) is 10.8. The van der Waals surface area contributed by atoms with Gasteiger partial charge in [-0.25, -0.2) is 4.98 Å². The number of imidazole rings is 1. The van der Waals surface area contributed by atoms with Crippen LogP contribution in [-0.2, 0) is 11.2 Å². The Morgan fingerprint density at radius 3 is 2.61 bits per heavy atom. The fourth-order valence-electron chi connectivity index (χ4n) is 2.97. The molecule has 2 heterocycles. The number of thiazole rings is 1. The van der Waals surface area contributed by atoms with Crippen molar-refractivity contribution >= 4 is 27.9 Å². The van der Waals surface area contributed by atoms with E-state index >= 15 is 0 Å². The number of nitrogens with one attached hydrogen (secondary N) is 1. The number of amides is 1. The van der Waals surface area contributed by atoms with E-state index in [1.807, 2.05) is 58.6 Å². The highest BCUT2D eigenvalue weighted by Crippen LogP contribution is 2.28. The number of aromatic nitrogens is 2. The van der Waals surface area contributed by atoms with Crippen molar-refractivity contribution in [1.82, 2.24) is 9.38 Å². The maximum absolute atomic E-state index is 12.4. The number of nitrogens with zero attached hydrogens (tertiary/aromatic N) is 2. The summed E-state index contributed by atoms with van der Waals surface area (Å²) in [7, 11) is 3.16. The number of hydrogen-bond donors (Lipinski definition) is 1. The molecule has 0 radical (unpaired) electrons. The Bertz CT molecular complexity index is 1090. The van der Waals surface area contributed by atoms with Crippen LogP contribution in [0.25, 0.3) is 16.2 Å². The third-order valence-corrected chi connectivity index (χ3v) is 5.14. The first-order valence-electron chi connectivity index (χ1n) is 8.69. The molecular weight excluding hydrogens is 374 g/mol. The van der Waals surface area contributed by atoms with Crippen molar-refractivity contribution in [2.45, 2.75) is 6.42 Å². The number of anilines is 1. The van der Waals surface area contributed by atoms with Crippen LogP contribution in [0.4, 0.5) is 5.69 Å². The molecule has 0 aliphatic carbocycles. The lowest BCUT2D eigenvalue weighted by atomic mass is 10.1. The first kappa shape index (κ1) is 18.1. The van der Waals surface area contributed by atoms with Gasteiger partial charge < -0.3 is 14.8 Å². The summed E-state index contributed by atoms with van der Waals surface area (Å²) in [6.45, 7) is 0. The van der Waals surface area contributed by atoms with E-state index in [-0.39, 0.29) is 12.3 Å². The molecule has 2 aromatic heterocycles. The first-order chi connectivity index (χ1) is 13.7. The Kier molecular flexibility index (Phi) is 4.99. The third-order valence-electron chi connectivity index (χ3n) is 4.37. The number of methoxy groups -OCH3 is 2. The first-order valence-corrected chi connectivity index (χ1v) is 9.57. The van der Waals surface area contributed by atoms with Gasteiger partial charge in [0.25, 0.3) is 0 Å². The molecule has 0 aliphatic heterocycles. The fraction of sp³-hybridized carbons (Fsp3) is 0.143. The van der Waals surface area contributed by atoms with Crippen molar-refractivity contribution in [2.24, 2.45) is 0 Å². The molecule has 1 N–H and O–H groups in total. The fourth-order valence-corrected chi connectivity index (χ4v) is 3.67. The number of carbonyl (C=O) groups excluding carboxylic acids is 1. The van der Waals surface area contributed by atoms with Crippen LogP contribution in [0, 0.1) is 0 Å². The number of hydrogen-bond acceptors (Lipinski definition) is 5. The molecule has 0 atom stereocenters. The summed E-state index contributed by atoms with van der Waals surface area (Å²) in [6, 6.07) is 13.1. The van der Waals surface area contributed by atoms with E-state index in [4.69, 9.17) is 9.47 Å². The van der Waals surface area contributed by atoms with Crippen LogP contribution in [0.2, 0.25) is 0 Å². The number of benzene rings is 2. The molecule has 0 saturated heterocycles. The zero-order valence-electron chi connectivity index (χ0n) is 15.5. The lowest BCUT2D eigenvalue weighted by Gasteiger charge is -2.10. The Morgan fingerprint density at radius 1 is 1.11 bits per heavy atom. The molecular formula is C21H19N3O3S. The largest absolute Gasteiger partial charge is 0.493 e. The quantitative estimate of drug-likeness (QED) is 0.532. The highest BCUT2D eigenvalue weighted by atomic mass is 32.1. The second-order valence-corrected chi connectivity index (χ2v) is 7.08. The van der Waals surface area contributed by atoms with Gasteiger partial charge in [-0.05, 0) is 29.8 Å². The maximum Gasteiger partial charge on any atom is 0.228 e. The molecule has 142 valence electrons.